The van der Waals surface area contributed by atoms with Gasteiger partial charge in [-0.25, -0.2) is 0 Å². The van der Waals surface area contributed by atoms with Gasteiger partial charge in [0.25, 0.3) is 0 Å². The molecule has 1 fully saturated rings. The van der Waals surface area contributed by atoms with Gasteiger partial charge in [0, 0.05) is 16.8 Å². The molecule has 0 unspecified atom stereocenters. The van der Waals surface area contributed by atoms with Crippen LogP contribution in [0.15, 0.2) is 109 Å². The van der Waals surface area contributed by atoms with Crippen LogP contribution in [0.1, 0.15) is 84.7 Å². The molecule has 4 N–H and O–H groups in total. The van der Waals surface area contributed by atoms with Crippen LogP contribution in [0.25, 0.3) is 0 Å². The molecule has 1 saturated carbocycles. The average molecular weight is 611 g/mol. The number of hydrogen-bond acceptors (Lipinski definition) is 4. The summed E-state index contributed by atoms with van der Waals surface area (Å²) in [7, 11) is 0. The van der Waals surface area contributed by atoms with Gasteiger partial charge in [-0.15, -0.1) is 0 Å². The van der Waals surface area contributed by atoms with Crippen LogP contribution in [0.5, 0.6) is 23.0 Å². The van der Waals surface area contributed by atoms with Gasteiger partial charge >= 0.3 is 0 Å². The molecule has 0 spiro atoms. The first kappa shape index (κ1) is 31.3. The summed E-state index contributed by atoms with van der Waals surface area (Å²) in [4.78, 5) is 0. The molecule has 0 bridgehead atoms. The first-order valence-electron chi connectivity index (χ1n) is 16.7. The van der Waals surface area contributed by atoms with Crippen molar-refractivity contribution in [2.45, 2.75) is 77.0 Å². The van der Waals surface area contributed by atoms with Crippen molar-refractivity contribution in [3.63, 3.8) is 0 Å². The molecule has 1 aliphatic carbocycles. The molecule has 46 heavy (non-hydrogen) atoms. The Balaban J connectivity index is 1.26. The van der Waals surface area contributed by atoms with Gasteiger partial charge in [-0.1, -0.05) is 61.9 Å². The summed E-state index contributed by atoms with van der Waals surface area (Å²) in [6.07, 6.45) is 8.07. The fourth-order valence-corrected chi connectivity index (χ4v) is 7.04. The van der Waals surface area contributed by atoms with E-state index in [1.165, 1.54) is 41.5 Å². The Hall–Kier alpha value is -4.70. The molecule has 5 aromatic rings. The Morgan fingerprint density at radius 3 is 1.54 bits per heavy atom. The number of aryl methyl sites for hydroxylation is 3. The van der Waals surface area contributed by atoms with E-state index in [-0.39, 0.29) is 5.41 Å². The van der Waals surface area contributed by atoms with Crippen LogP contribution in [-0.2, 0) is 11.8 Å². The van der Waals surface area contributed by atoms with Crippen LogP contribution in [-0.4, -0.2) is 0 Å². The summed E-state index contributed by atoms with van der Waals surface area (Å²) >= 11 is 0. The molecule has 236 valence electrons. The van der Waals surface area contributed by atoms with E-state index < -0.39 is 0 Å². The van der Waals surface area contributed by atoms with Gasteiger partial charge in [0.2, 0.25) is 0 Å². The van der Waals surface area contributed by atoms with Gasteiger partial charge in [0.1, 0.15) is 23.0 Å². The minimum Gasteiger partial charge on any atom is -0.457 e. The van der Waals surface area contributed by atoms with E-state index >= 15 is 0 Å². The van der Waals surface area contributed by atoms with Crippen molar-refractivity contribution >= 4 is 11.4 Å². The molecule has 4 heteroatoms. The van der Waals surface area contributed by atoms with Gasteiger partial charge in [-0.2, -0.15) is 0 Å². The summed E-state index contributed by atoms with van der Waals surface area (Å²) in [5.74, 6) is 3.87. The highest BCUT2D eigenvalue weighted by Gasteiger charge is 2.39. The molecule has 0 aromatic heterocycles. The van der Waals surface area contributed by atoms with Crippen molar-refractivity contribution < 1.29 is 9.47 Å². The Bertz CT molecular complexity index is 1650. The highest BCUT2D eigenvalue weighted by molar-refractivity contribution is 5.51. The minimum atomic E-state index is -0.0944. The van der Waals surface area contributed by atoms with Crippen LogP contribution < -0.4 is 20.9 Å². The third kappa shape index (κ3) is 6.92. The van der Waals surface area contributed by atoms with Crippen LogP contribution in [0.2, 0.25) is 0 Å². The molecule has 0 saturated heterocycles. The van der Waals surface area contributed by atoms with Crippen LogP contribution >= 0.6 is 0 Å². The van der Waals surface area contributed by atoms with Crippen LogP contribution in [0.3, 0.4) is 0 Å². The number of ether oxygens (including phenoxy) is 2. The monoisotopic (exact) mass is 610 g/mol. The molecule has 6 rings (SSSR count). The van der Waals surface area contributed by atoms with Crippen molar-refractivity contribution in [3.05, 3.63) is 143 Å². The molecule has 4 nitrogen and oxygen atoms in total. The Labute approximate surface area is 274 Å². The Morgan fingerprint density at radius 2 is 1.11 bits per heavy atom. The molecule has 0 amide bonds. The van der Waals surface area contributed by atoms with E-state index in [9.17, 15) is 0 Å². The van der Waals surface area contributed by atoms with Crippen molar-refractivity contribution in [2.75, 3.05) is 11.5 Å². The topological polar surface area (TPSA) is 70.5 Å². The lowest BCUT2D eigenvalue weighted by atomic mass is 9.62. The SMILES string of the molecule is CCCCc1ccc(C2CCC(c3ccc(Oc4ccc(N)cc4C)cc3)(c3ccc(Oc4ccc(N)cc4C)cc3)CC2)cc1. The first-order chi connectivity index (χ1) is 22.3. The Kier molecular flexibility index (Phi) is 9.35. The van der Waals surface area contributed by atoms with E-state index in [1.54, 1.807) is 0 Å². The van der Waals surface area contributed by atoms with Crippen LogP contribution in [0.4, 0.5) is 11.4 Å². The maximum Gasteiger partial charge on any atom is 0.130 e. The fraction of sp³-hybridized carbons (Fsp3) is 0.286. The number of nitrogen functional groups attached to an aromatic ring is 2. The zero-order chi connectivity index (χ0) is 32.1. The van der Waals surface area contributed by atoms with Crippen molar-refractivity contribution in [2.24, 2.45) is 0 Å². The number of unbranched alkanes of at least 4 members (excludes halogenated alkanes) is 1. The quantitative estimate of drug-likeness (QED) is 0.154. The van der Waals surface area contributed by atoms with E-state index in [2.05, 4.69) is 79.7 Å². The highest BCUT2D eigenvalue weighted by atomic mass is 16.5. The van der Waals surface area contributed by atoms with Crippen molar-refractivity contribution in [3.8, 4) is 23.0 Å². The maximum absolute atomic E-state index is 6.26. The number of anilines is 2. The molecule has 1 aliphatic rings. The summed E-state index contributed by atoms with van der Waals surface area (Å²) in [6.45, 7) is 6.30. The third-order valence-corrected chi connectivity index (χ3v) is 9.78. The summed E-state index contributed by atoms with van der Waals surface area (Å²) < 4.78 is 12.5. The number of hydrogen-bond donors (Lipinski definition) is 2. The van der Waals surface area contributed by atoms with Gasteiger partial charge in [-0.3, -0.25) is 0 Å². The summed E-state index contributed by atoms with van der Waals surface area (Å²) in [5.41, 5.74) is 20.9. The molecule has 5 aromatic carbocycles. The second kappa shape index (κ2) is 13.7. The highest BCUT2D eigenvalue weighted by Crippen LogP contribution is 2.49. The largest absolute Gasteiger partial charge is 0.457 e. The molecular formula is C42H46N2O2. The smallest absolute Gasteiger partial charge is 0.130 e. The van der Waals surface area contributed by atoms with Crippen molar-refractivity contribution in [1.82, 2.24) is 0 Å². The van der Waals surface area contributed by atoms with Gasteiger partial charge in [0.05, 0.1) is 0 Å². The Morgan fingerprint density at radius 1 is 0.630 bits per heavy atom. The minimum absolute atomic E-state index is 0.0944. The molecular weight excluding hydrogens is 564 g/mol. The second-order valence-electron chi connectivity index (χ2n) is 13.0. The predicted molar refractivity (Wildman–Crippen MR) is 191 cm³/mol. The standard InChI is InChI=1S/C42H46N2O2/c1-4-5-6-31-7-9-32(10-8-31)33-23-25-42(26-24-33,34-11-17-38(18-12-34)45-40-21-15-36(43)27-29(40)2)35-13-19-39(20-14-35)46-41-22-16-37(44)28-30(41)3/h7-22,27-28,33H,4-6,23-26,43-44H2,1-3H3. The summed E-state index contributed by atoms with van der Waals surface area (Å²) in [6, 6.07) is 38.4. The summed E-state index contributed by atoms with van der Waals surface area (Å²) in [5, 5.41) is 0. The lowest BCUT2D eigenvalue weighted by Gasteiger charge is -2.41. The van der Waals surface area contributed by atoms with Crippen LogP contribution in [0, 0.1) is 13.8 Å². The van der Waals surface area contributed by atoms with Gasteiger partial charge < -0.3 is 20.9 Å². The maximum atomic E-state index is 6.26. The van der Waals surface area contributed by atoms with Gasteiger partial charge in [-0.05, 0) is 152 Å². The van der Waals surface area contributed by atoms with E-state index in [4.69, 9.17) is 20.9 Å². The number of nitrogens with two attached hydrogens (primary N) is 2. The van der Waals surface area contributed by atoms with E-state index in [0.29, 0.717) is 5.92 Å². The molecule has 0 radical (unpaired) electrons. The van der Waals surface area contributed by atoms with E-state index in [0.717, 1.165) is 71.2 Å². The zero-order valence-electron chi connectivity index (χ0n) is 27.4. The average Bonchev–Trinajstić information content (AvgIpc) is 3.07. The molecule has 0 atom stereocenters. The van der Waals surface area contributed by atoms with Crippen molar-refractivity contribution in [1.29, 1.82) is 0 Å². The molecule has 0 heterocycles. The first-order valence-corrected chi connectivity index (χ1v) is 16.7. The number of benzene rings is 5. The number of rotatable bonds is 10. The predicted octanol–water partition coefficient (Wildman–Crippen LogP) is 11.0. The van der Waals surface area contributed by atoms with E-state index in [1.807, 2.05) is 50.2 Å². The fourth-order valence-electron chi connectivity index (χ4n) is 7.04. The zero-order valence-corrected chi connectivity index (χ0v) is 27.4. The second-order valence-corrected chi connectivity index (χ2v) is 13.0. The normalized spacial score (nSPS) is 14.6. The lowest BCUT2D eigenvalue weighted by Crippen LogP contribution is -2.32. The lowest BCUT2D eigenvalue weighted by molar-refractivity contribution is 0.314. The van der Waals surface area contributed by atoms with Gasteiger partial charge in [0.15, 0.2) is 0 Å². The molecule has 0 aliphatic heterocycles. The third-order valence-electron chi connectivity index (χ3n) is 9.78.